The van der Waals surface area contributed by atoms with E-state index in [1.165, 1.54) is 25.9 Å². The van der Waals surface area contributed by atoms with Gasteiger partial charge in [0, 0.05) is 25.8 Å². The molecule has 0 aromatic carbocycles. The number of nitrogens with zero attached hydrogens (tertiary/aromatic N) is 3. The Hall–Kier alpha value is -1.13. The van der Waals surface area contributed by atoms with Gasteiger partial charge in [0.25, 0.3) is 0 Å². The van der Waals surface area contributed by atoms with Crippen molar-refractivity contribution in [2.45, 2.75) is 25.8 Å². The number of aromatic nitrogens is 1. The summed E-state index contributed by atoms with van der Waals surface area (Å²) in [5.41, 5.74) is 6.94. The molecular weight excluding hydrogens is 236 g/mol. The molecule has 1 aliphatic rings. The zero-order valence-corrected chi connectivity index (χ0v) is 12.3. The van der Waals surface area contributed by atoms with E-state index in [0.29, 0.717) is 0 Å². The third-order valence-electron chi connectivity index (χ3n) is 4.06. The molecule has 0 unspecified atom stereocenters. The minimum atomic E-state index is 0.0562. The van der Waals surface area contributed by atoms with Gasteiger partial charge in [-0.3, -0.25) is 0 Å². The monoisotopic (exact) mass is 262 g/mol. The molecule has 1 aromatic rings. The van der Waals surface area contributed by atoms with Crippen LogP contribution in [0.25, 0.3) is 0 Å². The Balaban J connectivity index is 1.90. The molecule has 0 aliphatic carbocycles. The van der Waals surface area contributed by atoms with Crippen molar-refractivity contribution in [3.05, 3.63) is 23.9 Å². The van der Waals surface area contributed by atoms with Crippen LogP contribution in [-0.4, -0.2) is 43.6 Å². The van der Waals surface area contributed by atoms with Crippen molar-refractivity contribution in [3.8, 4) is 0 Å². The number of piperidine rings is 1. The quantitative estimate of drug-likeness (QED) is 0.900. The highest BCUT2D eigenvalue weighted by Crippen LogP contribution is 2.20. The van der Waals surface area contributed by atoms with Crippen LogP contribution in [0.15, 0.2) is 18.3 Å². The molecule has 0 amide bonds. The fourth-order valence-electron chi connectivity index (χ4n) is 2.62. The van der Waals surface area contributed by atoms with Gasteiger partial charge in [0.2, 0.25) is 0 Å². The van der Waals surface area contributed by atoms with Gasteiger partial charge >= 0.3 is 0 Å². The Morgan fingerprint density at radius 1 is 1.42 bits per heavy atom. The lowest BCUT2D eigenvalue weighted by molar-refractivity contribution is 0.222. The fourth-order valence-corrected chi connectivity index (χ4v) is 2.62. The Labute approximate surface area is 116 Å². The Bertz CT molecular complexity index is 380. The van der Waals surface area contributed by atoms with Crippen LogP contribution < -0.4 is 10.6 Å². The van der Waals surface area contributed by atoms with Gasteiger partial charge < -0.3 is 15.5 Å². The fraction of sp³-hybridized carbons (Fsp3) is 0.667. The summed E-state index contributed by atoms with van der Waals surface area (Å²) in [6, 6.07) is 4.21. The van der Waals surface area contributed by atoms with Crippen LogP contribution in [0.5, 0.6) is 0 Å². The Morgan fingerprint density at radius 3 is 2.63 bits per heavy atom. The molecule has 19 heavy (non-hydrogen) atoms. The summed E-state index contributed by atoms with van der Waals surface area (Å²) in [5, 5.41) is 0. The molecule has 1 saturated heterocycles. The lowest BCUT2D eigenvalue weighted by Gasteiger charge is -2.32. The molecule has 2 heterocycles. The van der Waals surface area contributed by atoms with Crippen LogP contribution in [0.3, 0.4) is 0 Å². The molecule has 1 aromatic heterocycles. The minimum absolute atomic E-state index is 0.0562. The zero-order valence-electron chi connectivity index (χ0n) is 12.3. The van der Waals surface area contributed by atoms with E-state index in [0.717, 1.165) is 23.8 Å². The van der Waals surface area contributed by atoms with Crippen LogP contribution >= 0.6 is 0 Å². The number of hydrogen-bond acceptors (Lipinski definition) is 4. The van der Waals surface area contributed by atoms with E-state index in [-0.39, 0.29) is 6.04 Å². The summed E-state index contributed by atoms with van der Waals surface area (Å²) >= 11 is 0. The first-order valence-corrected chi connectivity index (χ1v) is 7.17. The average molecular weight is 262 g/mol. The maximum atomic E-state index is 5.84. The molecule has 1 fully saturated rings. The predicted molar refractivity (Wildman–Crippen MR) is 80.3 cm³/mol. The second-order valence-corrected chi connectivity index (χ2v) is 5.87. The first-order valence-electron chi connectivity index (χ1n) is 7.17. The topological polar surface area (TPSA) is 45.4 Å². The van der Waals surface area contributed by atoms with Crippen molar-refractivity contribution in [1.82, 2.24) is 9.88 Å². The summed E-state index contributed by atoms with van der Waals surface area (Å²) in [6.45, 7) is 5.52. The van der Waals surface area contributed by atoms with Crippen LogP contribution in [0.1, 0.15) is 31.4 Å². The third-order valence-corrected chi connectivity index (χ3v) is 4.06. The van der Waals surface area contributed by atoms with E-state index in [1.807, 2.05) is 13.1 Å². The number of rotatable bonds is 4. The molecule has 106 valence electrons. The molecule has 2 rings (SSSR count). The minimum Gasteiger partial charge on any atom is -0.359 e. The zero-order chi connectivity index (χ0) is 13.8. The molecule has 0 saturated carbocycles. The first kappa shape index (κ1) is 14.3. The molecule has 1 aliphatic heterocycles. The Kier molecular flexibility index (Phi) is 4.77. The molecule has 4 heteroatoms. The third kappa shape index (κ3) is 3.91. The molecular formula is C15H26N4. The van der Waals surface area contributed by atoms with E-state index in [9.17, 15) is 0 Å². The second kappa shape index (κ2) is 6.35. The highest BCUT2D eigenvalue weighted by molar-refractivity contribution is 5.38. The van der Waals surface area contributed by atoms with Crippen LogP contribution in [0.2, 0.25) is 0 Å². The average Bonchev–Trinajstić information content (AvgIpc) is 2.41. The normalized spacial score (nSPS) is 19.4. The lowest BCUT2D eigenvalue weighted by Crippen LogP contribution is -2.35. The van der Waals surface area contributed by atoms with Crippen molar-refractivity contribution in [2.75, 3.05) is 38.6 Å². The largest absolute Gasteiger partial charge is 0.359 e. The van der Waals surface area contributed by atoms with E-state index < -0.39 is 0 Å². The molecule has 1 atom stereocenters. The van der Waals surface area contributed by atoms with Gasteiger partial charge in [-0.1, -0.05) is 6.07 Å². The number of pyridine rings is 1. The molecule has 4 nitrogen and oxygen atoms in total. The second-order valence-electron chi connectivity index (χ2n) is 5.87. The smallest absolute Gasteiger partial charge is 0.128 e. The number of nitrogens with two attached hydrogens (primary N) is 1. The van der Waals surface area contributed by atoms with E-state index in [2.05, 4.69) is 41.0 Å². The molecule has 2 N–H and O–H groups in total. The van der Waals surface area contributed by atoms with Crippen molar-refractivity contribution in [1.29, 1.82) is 0 Å². The van der Waals surface area contributed by atoms with Gasteiger partial charge in [-0.2, -0.15) is 0 Å². The van der Waals surface area contributed by atoms with Gasteiger partial charge in [0.05, 0.1) is 0 Å². The van der Waals surface area contributed by atoms with Gasteiger partial charge in [-0.25, -0.2) is 4.98 Å². The predicted octanol–water partition coefficient (Wildman–Crippen LogP) is 1.88. The molecule has 0 spiro atoms. The number of anilines is 1. The van der Waals surface area contributed by atoms with Crippen molar-refractivity contribution in [2.24, 2.45) is 11.7 Å². The maximum Gasteiger partial charge on any atom is 0.128 e. The Morgan fingerprint density at radius 2 is 2.11 bits per heavy atom. The molecule has 0 radical (unpaired) electrons. The lowest BCUT2D eigenvalue weighted by atomic mass is 9.97. The highest BCUT2D eigenvalue weighted by atomic mass is 15.2. The van der Waals surface area contributed by atoms with E-state index in [1.54, 1.807) is 0 Å². The van der Waals surface area contributed by atoms with Gasteiger partial charge in [-0.05, 0) is 57.5 Å². The van der Waals surface area contributed by atoms with Crippen LogP contribution in [0, 0.1) is 5.92 Å². The van der Waals surface area contributed by atoms with E-state index >= 15 is 0 Å². The summed E-state index contributed by atoms with van der Waals surface area (Å²) < 4.78 is 0. The van der Waals surface area contributed by atoms with Crippen molar-refractivity contribution in [3.63, 3.8) is 0 Å². The maximum absolute atomic E-state index is 5.84. The summed E-state index contributed by atoms with van der Waals surface area (Å²) in [6.07, 6.45) is 4.47. The van der Waals surface area contributed by atoms with Crippen LogP contribution in [0.4, 0.5) is 5.82 Å². The summed E-state index contributed by atoms with van der Waals surface area (Å²) in [4.78, 5) is 9.19. The van der Waals surface area contributed by atoms with Gasteiger partial charge in [0.15, 0.2) is 0 Å². The number of hydrogen-bond donors (Lipinski definition) is 1. The van der Waals surface area contributed by atoms with Crippen molar-refractivity contribution < 1.29 is 0 Å². The standard InChI is InChI=1S/C15H26N4/c1-12(16)14-4-5-15(17-10-14)19(3)11-13-6-8-18(2)9-7-13/h4-5,10,12-13H,6-9,11,16H2,1-3H3/t12-/m0/s1. The first-order chi connectivity index (χ1) is 9.06. The van der Waals surface area contributed by atoms with Crippen molar-refractivity contribution >= 4 is 5.82 Å². The van der Waals surface area contributed by atoms with E-state index in [4.69, 9.17) is 5.73 Å². The van der Waals surface area contributed by atoms with Crippen LogP contribution in [-0.2, 0) is 0 Å². The van der Waals surface area contributed by atoms with Gasteiger partial charge in [0.1, 0.15) is 5.82 Å². The number of likely N-dealkylation sites (tertiary alicyclic amines) is 1. The highest BCUT2D eigenvalue weighted by Gasteiger charge is 2.18. The SMILES string of the molecule is C[C@H](N)c1ccc(N(C)CC2CCN(C)CC2)nc1. The summed E-state index contributed by atoms with van der Waals surface area (Å²) in [7, 11) is 4.33. The van der Waals surface area contributed by atoms with Gasteiger partial charge in [-0.15, -0.1) is 0 Å². The summed E-state index contributed by atoms with van der Waals surface area (Å²) in [5.74, 6) is 1.83. The molecule has 0 bridgehead atoms.